The highest BCUT2D eigenvalue weighted by atomic mass is 35.5. The Morgan fingerprint density at radius 3 is 2.59 bits per heavy atom. The number of carbonyl (C=O) groups excluding carboxylic acids is 1. The Bertz CT molecular complexity index is 426. The molecule has 0 aromatic heterocycles. The van der Waals surface area contributed by atoms with Crippen LogP contribution in [0.2, 0.25) is 5.02 Å². The van der Waals surface area contributed by atoms with Crippen molar-refractivity contribution in [2.24, 2.45) is 0 Å². The molecule has 17 heavy (non-hydrogen) atoms. The molecule has 6 heteroatoms. The largest absolute Gasteiger partial charge is 0.340 e. The molecule has 0 aliphatic heterocycles. The molecule has 0 aliphatic rings. The van der Waals surface area contributed by atoms with Gasteiger partial charge in [-0.25, -0.2) is 8.78 Å². The summed E-state index contributed by atoms with van der Waals surface area (Å²) in [6, 6.07) is 1.62. The molecule has 0 radical (unpaired) electrons. The van der Waals surface area contributed by atoms with Gasteiger partial charge in [0.1, 0.15) is 0 Å². The Balaban J connectivity index is 2.92. The fourth-order valence-corrected chi connectivity index (χ4v) is 1.50. The summed E-state index contributed by atoms with van der Waals surface area (Å²) < 4.78 is 25.9. The molecule has 1 amide bonds. The summed E-state index contributed by atoms with van der Waals surface area (Å²) in [5, 5.41) is 2.79. The molecule has 0 bridgehead atoms. The van der Waals surface area contributed by atoms with Crippen molar-refractivity contribution in [1.29, 1.82) is 0 Å². The van der Waals surface area contributed by atoms with E-state index in [-0.39, 0.29) is 10.6 Å². The maximum atomic E-state index is 13.0. The van der Waals surface area contributed by atoms with Gasteiger partial charge < -0.3 is 10.2 Å². The van der Waals surface area contributed by atoms with Crippen molar-refractivity contribution in [2.45, 2.75) is 0 Å². The molecule has 0 saturated carbocycles. The minimum Gasteiger partial charge on any atom is -0.340 e. The molecule has 1 N–H and O–H groups in total. The predicted molar refractivity (Wildman–Crippen MR) is 62.3 cm³/mol. The lowest BCUT2D eigenvalue weighted by Gasteiger charge is -2.17. The Morgan fingerprint density at radius 2 is 2.00 bits per heavy atom. The lowest BCUT2D eigenvalue weighted by atomic mass is 10.2. The fourth-order valence-electron chi connectivity index (χ4n) is 1.27. The van der Waals surface area contributed by atoms with Gasteiger partial charge in [0, 0.05) is 20.1 Å². The van der Waals surface area contributed by atoms with Crippen LogP contribution in [0.1, 0.15) is 10.4 Å². The lowest BCUT2D eigenvalue weighted by molar-refractivity contribution is 0.0796. The van der Waals surface area contributed by atoms with E-state index in [9.17, 15) is 13.6 Å². The van der Waals surface area contributed by atoms with E-state index in [1.807, 2.05) is 0 Å². The van der Waals surface area contributed by atoms with Crippen molar-refractivity contribution in [1.82, 2.24) is 10.2 Å². The number of carbonyl (C=O) groups is 1. The first kappa shape index (κ1) is 13.9. The quantitative estimate of drug-likeness (QED) is 0.841. The summed E-state index contributed by atoms with van der Waals surface area (Å²) in [5.41, 5.74) is -0.0378. The minimum atomic E-state index is -1.08. The van der Waals surface area contributed by atoms with Crippen molar-refractivity contribution < 1.29 is 13.6 Å². The van der Waals surface area contributed by atoms with Crippen LogP contribution in [-0.4, -0.2) is 38.0 Å². The Kier molecular flexibility index (Phi) is 4.84. The summed E-state index contributed by atoms with van der Waals surface area (Å²) in [6.45, 7) is 1.05. The van der Waals surface area contributed by atoms with Crippen molar-refractivity contribution in [3.63, 3.8) is 0 Å². The molecule has 0 unspecified atom stereocenters. The number of rotatable bonds is 4. The van der Waals surface area contributed by atoms with Gasteiger partial charge in [-0.15, -0.1) is 0 Å². The third-order valence-electron chi connectivity index (χ3n) is 2.28. The van der Waals surface area contributed by atoms with E-state index in [2.05, 4.69) is 5.32 Å². The van der Waals surface area contributed by atoms with E-state index in [0.717, 1.165) is 12.1 Å². The van der Waals surface area contributed by atoms with Crippen LogP contribution in [0.3, 0.4) is 0 Å². The van der Waals surface area contributed by atoms with E-state index in [1.165, 1.54) is 4.90 Å². The zero-order chi connectivity index (χ0) is 13.0. The van der Waals surface area contributed by atoms with Crippen LogP contribution < -0.4 is 5.32 Å². The van der Waals surface area contributed by atoms with Gasteiger partial charge in [0.15, 0.2) is 11.6 Å². The number of nitrogens with one attached hydrogen (secondary N) is 1. The Labute approximate surface area is 103 Å². The summed E-state index contributed by atoms with van der Waals surface area (Å²) in [5.74, 6) is -2.59. The van der Waals surface area contributed by atoms with E-state index >= 15 is 0 Å². The summed E-state index contributed by atoms with van der Waals surface area (Å²) in [4.78, 5) is 13.2. The molecule has 94 valence electrons. The maximum Gasteiger partial charge on any atom is 0.255 e. The molecular formula is C11H13ClF2N2O. The highest BCUT2D eigenvalue weighted by Crippen LogP contribution is 2.21. The fraction of sp³-hybridized carbons (Fsp3) is 0.364. The number of halogens is 3. The molecule has 0 atom stereocenters. The Hall–Kier alpha value is -1.20. The predicted octanol–water partition coefficient (Wildman–Crippen LogP) is 1.91. The molecule has 1 aromatic rings. The maximum absolute atomic E-state index is 13.0. The molecule has 1 rings (SSSR count). The molecule has 0 saturated heterocycles. The molecule has 0 spiro atoms. The smallest absolute Gasteiger partial charge is 0.255 e. The van der Waals surface area contributed by atoms with Gasteiger partial charge in [-0.2, -0.15) is 0 Å². The van der Waals surface area contributed by atoms with Crippen LogP contribution in [0.4, 0.5) is 8.78 Å². The van der Waals surface area contributed by atoms with Crippen molar-refractivity contribution >= 4 is 17.5 Å². The first-order valence-corrected chi connectivity index (χ1v) is 5.39. The Morgan fingerprint density at radius 1 is 1.41 bits per heavy atom. The van der Waals surface area contributed by atoms with Gasteiger partial charge in [0.05, 0.1) is 10.6 Å². The van der Waals surface area contributed by atoms with Crippen LogP contribution >= 0.6 is 11.6 Å². The molecule has 0 heterocycles. The van der Waals surface area contributed by atoms with Crippen LogP contribution in [0, 0.1) is 11.6 Å². The highest BCUT2D eigenvalue weighted by molar-refractivity contribution is 6.33. The van der Waals surface area contributed by atoms with E-state index < -0.39 is 17.5 Å². The first-order chi connectivity index (χ1) is 7.97. The molecule has 0 aliphatic carbocycles. The van der Waals surface area contributed by atoms with Crippen molar-refractivity contribution in [2.75, 3.05) is 27.2 Å². The third kappa shape index (κ3) is 3.38. The van der Waals surface area contributed by atoms with Crippen molar-refractivity contribution in [3.05, 3.63) is 34.4 Å². The number of hydrogen-bond donors (Lipinski definition) is 1. The first-order valence-electron chi connectivity index (χ1n) is 5.02. The zero-order valence-electron chi connectivity index (χ0n) is 9.56. The van der Waals surface area contributed by atoms with E-state index in [1.54, 1.807) is 14.1 Å². The molecule has 1 aromatic carbocycles. The summed E-state index contributed by atoms with van der Waals surface area (Å²) in [7, 11) is 3.32. The summed E-state index contributed by atoms with van der Waals surface area (Å²) >= 11 is 5.70. The van der Waals surface area contributed by atoms with Gasteiger partial charge in [0.25, 0.3) is 5.91 Å². The van der Waals surface area contributed by atoms with Gasteiger partial charge in [-0.1, -0.05) is 11.6 Å². The van der Waals surface area contributed by atoms with E-state index in [4.69, 9.17) is 11.6 Å². The average Bonchev–Trinajstić information content (AvgIpc) is 2.29. The number of amides is 1. The zero-order valence-corrected chi connectivity index (χ0v) is 10.3. The third-order valence-corrected chi connectivity index (χ3v) is 2.60. The van der Waals surface area contributed by atoms with E-state index in [0.29, 0.717) is 13.1 Å². The standard InChI is InChI=1S/C11H13ClF2N2O/c1-15-3-4-16(2)11(17)7-5-9(13)10(14)6-8(7)12/h5-6,15H,3-4H2,1-2H3. The number of nitrogens with zero attached hydrogens (tertiary/aromatic N) is 1. The molecule has 3 nitrogen and oxygen atoms in total. The summed E-state index contributed by atoms with van der Waals surface area (Å²) in [6.07, 6.45) is 0. The van der Waals surface area contributed by atoms with Gasteiger partial charge in [-0.3, -0.25) is 4.79 Å². The topological polar surface area (TPSA) is 32.3 Å². The second-order valence-electron chi connectivity index (χ2n) is 3.58. The number of benzene rings is 1. The van der Waals surface area contributed by atoms with Crippen LogP contribution in [0.5, 0.6) is 0 Å². The number of likely N-dealkylation sites (N-methyl/N-ethyl adjacent to an activating group) is 2. The molecular weight excluding hydrogens is 250 g/mol. The van der Waals surface area contributed by atoms with Crippen LogP contribution in [0.15, 0.2) is 12.1 Å². The van der Waals surface area contributed by atoms with Gasteiger partial charge in [-0.05, 0) is 19.2 Å². The second kappa shape index (κ2) is 5.93. The molecule has 0 fully saturated rings. The second-order valence-corrected chi connectivity index (χ2v) is 3.98. The van der Waals surface area contributed by atoms with Gasteiger partial charge in [0.2, 0.25) is 0 Å². The minimum absolute atomic E-state index is 0.0378. The monoisotopic (exact) mass is 262 g/mol. The normalized spacial score (nSPS) is 10.4. The number of hydrogen-bond acceptors (Lipinski definition) is 2. The van der Waals surface area contributed by atoms with Crippen LogP contribution in [0.25, 0.3) is 0 Å². The lowest BCUT2D eigenvalue weighted by Crippen LogP contribution is -2.33. The van der Waals surface area contributed by atoms with Crippen LogP contribution in [-0.2, 0) is 0 Å². The average molecular weight is 263 g/mol. The van der Waals surface area contributed by atoms with Crippen molar-refractivity contribution in [3.8, 4) is 0 Å². The SMILES string of the molecule is CNCCN(C)C(=O)c1cc(F)c(F)cc1Cl. The highest BCUT2D eigenvalue weighted by Gasteiger charge is 2.17. The van der Waals surface area contributed by atoms with Gasteiger partial charge >= 0.3 is 0 Å².